The third kappa shape index (κ3) is 6.89. The highest BCUT2D eigenvalue weighted by atomic mass is 16.7. The summed E-state index contributed by atoms with van der Waals surface area (Å²) < 4.78 is 43.6. The number of fused-ring (bicyclic) bond motifs is 2. The zero-order chi connectivity index (χ0) is 44.6. The molecule has 0 aromatic heterocycles. The van der Waals surface area contributed by atoms with Crippen molar-refractivity contribution in [3.8, 4) is 0 Å². The van der Waals surface area contributed by atoms with E-state index in [4.69, 9.17) is 33.2 Å². The zero-order valence-electron chi connectivity index (χ0n) is 37.3. The number of carbonyl (C=O) groups excluding carboxylic acids is 2. The van der Waals surface area contributed by atoms with Crippen LogP contribution in [0, 0.1) is 44.8 Å². The van der Waals surface area contributed by atoms with Gasteiger partial charge in [0.25, 0.3) is 0 Å². The second-order valence-electron chi connectivity index (χ2n) is 22.2. The van der Waals surface area contributed by atoms with Crippen LogP contribution in [0.3, 0.4) is 0 Å². The fraction of sp³-hybridized carbons (Fsp3) is 0.956. The van der Waals surface area contributed by atoms with E-state index in [2.05, 4.69) is 34.6 Å². The molecule has 5 aliphatic carbocycles. The van der Waals surface area contributed by atoms with E-state index in [9.17, 15) is 45.3 Å². The van der Waals surface area contributed by atoms with Crippen molar-refractivity contribution in [2.75, 3.05) is 13.2 Å². The molecule has 8 rings (SSSR count). The molecule has 3 heterocycles. The third-order valence-electron chi connectivity index (χ3n) is 18.2. The van der Waals surface area contributed by atoms with Crippen molar-refractivity contribution >= 4 is 11.9 Å². The molecule has 348 valence electrons. The SMILES string of the molecule is CC(=O)O[C@@H]1[C@@H](OC(C)=O)[C@H](O[C@H]2CCC34CC35CC[C@]3(C)C([C@@]6(C)CC[C@@H](C(C)(C)O)O6)C(O)C[C@@]3(C)C5C[C@H](O[C@@H]3O[C@H](CO)[C@@H](O)[C@H](O)[C@H]3O)C4C2(C)C)OC[C@H]1O. The van der Waals surface area contributed by atoms with Gasteiger partial charge in [0.1, 0.15) is 30.5 Å². The largest absolute Gasteiger partial charge is 0.455 e. The average molecular weight is 869 g/mol. The predicted molar refractivity (Wildman–Crippen MR) is 213 cm³/mol. The van der Waals surface area contributed by atoms with Crippen molar-refractivity contribution < 1.29 is 78.5 Å². The molecule has 8 aliphatic rings. The summed E-state index contributed by atoms with van der Waals surface area (Å²) >= 11 is 0. The Morgan fingerprint density at radius 2 is 1.43 bits per heavy atom. The first-order chi connectivity index (χ1) is 28.3. The summed E-state index contributed by atoms with van der Waals surface area (Å²) in [6.07, 6.45) is -7.80. The van der Waals surface area contributed by atoms with Gasteiger partial charge in [-0.1, -0.05) is 27.7 Å². The van der Waals surface area contributed by atoms with E-state index in [-0.39, 0.29) is 52.1 Å². The molecule has 61 heavy (non-hydrogen) atoms. The number of ether oxygens (including phenoxy) is 7. The maximum atomic E-state index is 12.4. The Bertz CT molecular complexity index is 1680. The van der Waals surface area contributed by atoms with Crippen LogP contribution in [0.2, 0.25) is 0 Å². The van der Waals surface area contributed by atoms with E-state index in [0.29, 0.717) is 25.7 Å². The van der Waals surface area contributed by atoms with Gasteiger partial charge in [0.05, 0.1) is 48.8 Å². The topological polar surface area (TPSA) is 240 Å². The second kappa shape index (κ2) is 15.3. The molecule has 8 fully saturated rings. The molecule has 0 amide bonds. The van der Waals surface area contributed by atoms with Crippen LogP contribution in [-0.4, -0.2) is 152 Å². The molecule has 16 nitrogen and oxygen atoms in total. The van der Waals surface area contributed by atoms with E-state index in [1.165, 1.54) is 13.8 Å². The lowest BCUT2D eigenvalue weighted by molar-refractivity contribution is -0.339. The van der Waals surface area contributed by atoms with Gasteiger partial charge < -0.3 is 68.9 Å². The molecule has 3 saturated heterocycles. The van der Waals surface area contributed by atoms with Gasteiger partial charge in [0, 0.05) is 19.8 Å². The van der Waals surface area contributed by atoms with Gasteiger partial charge in [-0.25, -0.2) is 0 Å². The summed E-state index contributed by atoms with van der Waals surface area (Å²) in [7, 11) is 0. The van der Waals surface area contributed by atoms with Crippen molar-refractivity contribution in [1.82, 2.24) is 0 Å². The molecule has 16 heteroatoms. The highest BCUT2D eigenvalue weighted by molar-refractivity contribution is 5.67. The minimum absolute atomic E-state index is 0.0638. The van der Waals surface area contributed by atoms with E-state index in [1.54, 1.807) is 13.8 Å². The van der Waals surface area contributed by atoms with Crippen LogP contribution >= 0.6 is 0 Å². The van der Waals surface area contributed by atoms with Crippen LogP contribution in [0.4, 0.5) is 0 Å². The van der Waals surface area contributed by atoms with Crippen LogP contribution in [0.15, 0.2) is 0 Å². The van der Waals surface area contributed by atoms with Crippen LogP contribution in [0.5, 0.6) is 0 Å². The highest BCUT2D eigenvalue weighted by Crippen LogP contribution is 2.89. The lowest BCUT2D eigenvalue weighted by Gasteiger charge is -2.65. The summed E-state index contributed by atoms with van der Waals surface area (Å²) in [5.74, 6) is -1.67. The monoisotopic (exact) mass is 868 g/mol. The highest BCUT2D eigenvalue weighted by Gasteiger charge is 2.85. The lowest BCUT2D eigenvalue weighted by Crippen LogP contribution is -2.65. The van der Waals surface area contributed by atoms with Crippen LogP contribution in [0.1, 0.15) is 120 Å². The Labute approximate surface area is 358 Å². The first-order valence-electron chi connectivity index (χ1n) is 22.6. The van der Waals surface area contributed by atoms with E-state index >= 15 is 0 Å². The molecule has 6 unspecified atom stereocenters. The van der Waals surface area contributed by atoms with E-state index in [0.717, 1.165) is 32.1 Å². The smallest absolute Gasteiger partial charge is 0.303 e. The molecule has 7 N–H and O–H groups in total. The molecule has 0 radical (unpaired) electrons. The van der Waals surface area contributed by atoms with Crippen molar-refractivity contribution in [1.29, 1.82) is 0 Å². The van der Waals surface area contributed by atoms with Gasteiger partial charge in [0.2, 0.25) is 0 Å². The molecular weight excluding hydrogens is 796 g/mol. The standard InChI is InChI=1S/C45H72O16/c1-21(47)56-33-24(50)19-55-38(34(33)57-22(2)48)60-28-11-13-45-20-44(45)15-14-41(7)35(43(9)12-10-29(61-43)40(5,6)54)23(49)17-42(41,8)27(44)16-25(36(45)39(28,3)4)58-37-32(53)31(52)30(51)26(18-46)59-37/h23-38,46,49-54H,10-20H2,1-9H3/t23?,24-,25+,26-,27?,28+,29+,30-,31+,32-,33+,34-,35?,36?,37-,38+,41-,42+,43-,44?,45?/m1/s1. The number of hydrogen-bond acceptors (Lipinski definition) is 16. The first kappa shape index (κ1) is 46.0. The van der Waals surface area contributed by atoms with Crippen molar-refractivity contribution in [2.45, 2.75) is 211 Å². The zero-order valence-corrected chi connectivity index (χ0v) is 37.3. The molecule has 21 atom stereocenters. The average Bonchev–Trinajstić information content (AvgIpc) is 3.52. The predicted octanol–water partition coefficient (Wildman–Crippen LogP) is 1.87. The van der Waals surface area contributed by atoms with Gasteiger partial charge in [-0.2, -0.15) is 0 Å². The van der Waals surface area contributed by atoms with Crippen molar-refractivity contribution in [3.05, 3.63) is 0 Å². The molecule has 5 saturated carbocycles. The van der Waals surface area contributed by atoms with Gasteiger partial charge in [-0.15, -0.1) is 0 Å². The maximum absolute atomic E-state index is 12.4. The Kier molecular flexibility index (Phi) is 11.5. The number of aliphatic hydroxyl groups is 7. The minimum Gasteiger partial charge on any atom is -0.455 e. The Hall–Kier alpha value is -1.54. The number of aliphatic hydroxyl groups excluding tert-OH is 6. The minimum atomic E-state index is -1.63. The second-order valence-corrected chi connectivity index (χ2v) is 22.2. The van der Waals surface area contributed by atoms with Gasteiger partial charge in [-0.3, -0.25) is 9.59 Å². The van der Waals surface area contributed by atoms with E-state index < -0.39 is 109 Å². The van der Waals surface area contributed by atoms with E-state index in [1.807, 2.05) is 0 Å². The summed E-state index contributed by atoms with van der Waals surface area (Å²) in [6, 6.07) is 0. The summed E-state index contributed by atoms with van der Waals surface area (Å²) in [6.45, 7) is 16.1. The quantitative estimate of drug-likeness (QED) is 0.129. The Balaban J connectivity index is 1.15. The van der Waals surface area contributed by atoms with Crippen LogP contribution in [0.25, 0.3) is 0 Å². The van der Waals surface area contributed by atoms with Gasteiger partial charge >= 0.3 is 11.9 Å². The number of hydrogen-bond donors (Lipinski definition) is 7. The lowest BCUT2D eigenvalue weighted by atomic mass is 9.41. The molecule has 3 aliphatic heterocycles. The van der Waals surface area contributed by atoms with Gasteiger partial charge in [-0.05, 0) is 117 Å². The molecule has 0 bridgehead atoms. The number of esters is 2. The van der Waals surface area contributed by atoms with Crippen molar-refractivity contribution in [3.63, 3.8) is 0 Å². The molecule has 0 aromatic rings. The molecule has 0 aromatic carbocycles. The normalized spacial score (nSPS) is 53.8. The number of carbonyl (C=O) groups is 2. The van der Waals surface area contributed by atoms with Gasteiger partial charge in [0.15, 0.2) is 24.8 Å². The fourth-order valence-corrected chi connectivity index (χ4v) is 15.5. The third-order valence-corrected chi connectivity index (χ3v) is 18.2. The fourth-order valence-electron chi connectivity index (χ4n) is 15.5. The Morgan fingerprint density at radius 3 is 2.05 bits per heavy atom. The maximum Gasteiger partial charge on any atom is 0.303 e. The van der Waals surface area contributed by atoms with Crippen LogP contribution in [-0.2, 0) is 42.7 Å². The van der Waals surface area contributed by atoms with Crippen molar-refractivity contribution in [2.24, 2.45) is 44.8 Å². The molecule has 2 spiro atoms. The number of rotatable bonds is 9. The summed E-state index contributed by atoms with van der Waals surface area (Å²) in [4.78, 5) is 24.5. The summed E-state index contributed by atoms with van der Waals surface area (Å²) in [5, 5.41) is 77.1. The Morgan fingerprint density at radius 1 is 0.754 bits per heavy atom. The molecular formula is C45H72O16. The van der Waals surface area contributed by atoms with Crippen LogP contribution < -0.4 is 0 Å². The first-order valence-corrected chi connectivity index (χ1v) is 22.6. The summed E-state index contributed by atoms with van der Waals surface area (Å²) in [5.41, 5.74) is -3.46.